The number of hydrogen-bond acceptors (Lipinski definition) is 14. The van der Waals surface area contributed by atoms with Crippen LogP contribution in [0.2, 0.25) is 0 Å². The third-order valence-electron chi connectivity index (χ3n) is 22.5. The van der Waals surface area contributed by atoms with Crippen molar-refractivity contribution in [2.75, 3.05) is 125 Å². The molecule has 5 amide bonds. The summed E-state index contributed by atoms with van der Waals surface area (Å²) < 4.78 is 34.9. The molecule has 20 heteroatoms. The number of ether oxygens (including phenoxy) is 2. The molecule has 2 saturated carbocycles. The first kappa shape index (κ1) is 79.0. The van der Waals surface area contributed by atoms with Crippen molar-refractivity contribution < 1.29 is 41.9 Å². The van der Waals surface area contributed by atoms with E-state index in [-0.39, 0.29) is 71.8 Å². The van der Waals surface area contributed by atoms with Crippen LogP contribution in [-0.4, -0.2) is 230 Å². The molecule has 5 N–H and O–H groups in total. The van der Waals surface area contributed by atoms with Crippen LogP contribution in [0.5, 0.6) is 0 Å². The molecule has 0 spiro atoms. The smallest absolute Gasteiger partial charge is 0.239 e. The molecule has 13 atom stereocenters. The van der Waals surface area contributed by atoms with Crippen molar-refractivity contribution in [1.29, 1.82) is 0 Å². The molecule has 538 valence electrons. The second-order valence-electron chi connectivity index (χ2n) is 30.7. The lowest BCUT2D eigenvalue weighted by molar-refractivity contribution is -0.135. The number of sulfone groups is 1. The molecule has 2 aliphatic carbocycles. The molecule has 10 rings (SSSR count). The highest BCUT2D eigenvalue weighted by Gasteiger charge is 2.37. The van der Waals surface area contributed by atoms with E-state index in [2.05, 4.69) is 71.0 Å². The van der Waals surface area contributed by atoms with E-state index < -0.39 is 9.84 Å². The Morgan fingerprint density at radius 2 is 0.602 bits per heavy atom. The van der Waals surface area contributed by atoms with Crippen LogP contribution in [0.3, 0.4) is 0 Å². The summed E-state index contributed by atoms with van der Waals surface area (Å²) in [6, 6.07) is -0.0424. The van der Waals surface area contributed by atoms with E-state index in [1.807, 2.05) is 49.9 Å². The summed E-state index contributed by atoms with van der Waals surface area (Å²) in [4.78, 5) is 72.5. The fourth-order valence-corrected chi connectivity index (χ4v) is 18.0. The first-order valence-electron chi connectivity index (χ1n) is 38.0. The Morgan fingerprint density at radius 1 is 0.333 bits per heavy atom. The molecule has 0 aromatic heterocycles. The molecule has 10 fully saturated rings. The molecule has 0 aromatic carbocycles. The Balaban J connectivity index is 0.000000185. The van der Waals surface area contributed by atoms with Crippen molar-refractivity contribution in [2.45, 2.75) is 263 Å². The van der Waals surface area contributed by atoms with Gasteiger partial charge in [-0.2, -0.15) is 0 Å². The van der Waals surface area contributed by atoms with E-state index in [0.29, 0.717) is 53.7 Å². The van der Waals surface area contributed by atoms with Gasteiger partial charge in [0.15, 0.2) is 9.84 Å². The number of hydrogen-bond donors (Lipinski definition) is 5. The lowest BCUT2D eigenvalue weighted by Crippen LogP contribution is -2.47. The highest BCUT2D eigenvalue weighted by atomic mass is 32.2. The van der Waals surface area contributed by atoms with Gasteiger partial charge in [0.25, 0.3) is 0 Å². The normalized spacial score (nSPS) is 33.2. The van der Waals surface area contributed by atoms with Crippen LogP contribution >= 0.6 is 0 Å². The van der Waals surface area contributed by atoms with Gasteiger partial charge in [0.2, 0.25) is 29.5 Å². The molecular weight excluding hydrogens is 1190 g/mol. The number of carbonyl (C=O) groups is 5. The fraction of sp³-hybridized carbons (Fsp3) is 0.932. The van der Waals surface area contributed by atoms with Crippen molar-refractivity contribution in [3.05, 3.63) is 0 Å². The summed E-state index contributed by atoms with van der Waals surface area (Å²) in [5, 5.41) is 15.8. The lowest BCUT2D eigenvalue weighted by Gasteiger charge is -2.30. The van der Waals surface area contributed by atoms with Gasteiger partial charge >= 0.3 is 0 Å². The molecule has 0 bridgehead atoms. The van der Waals surface area contributed by atoms with Gasteiger partial charge in [0, 0.05) is 78.7 Å². The SMILES string of the molecule is CNC1CC(C)CCN(CC2CCCCC2)C1=O.CNC1CC(C)CCN(CC2CCCCCC2)C1=O.CNC1CC(C)CCN(CC2CCCCCO2)C1=O.CNC1CC(C)CCN(CC2CCCO2)C1=O.CNC1CC(C)CCN(CC2CCCS(=O)(=O)C2)C1=O. The number of likely N-dealkylation sites (tertiary alicyclic amines) is 5. The van der Waals surface area contributed by atoms with Crippen LogP contribution in [0.4, 0.5) is 0 Å². The van der Waals surface area contributed by atoms with Gasteiger partial charge in [-0.05, 0) is 211 Å². The van der Waals surface area contributed by atoms with Gasteiger partial charge in [-0.1, -0.05) is 92.4 Å². The van der Waals surface area contributed by atoms with Crippen LogP contribution in [0.25, 0.3) is 0 Å². The van der Waals surface area contributed by atoms with Gasteiger partial charge in [0.1, 0.15) is 0 Å². The van der Waals surface area contributed by atoms with E-state index in [0.717, 1.165) is 180 Å². The Morgan fingerprint density at radius 3 is 0.914 bits per heavy atom. The standard InChI is InChI=1S/C16H30N2O.C15H28N2O2.C15H28N2O.C14H26N2O3S.C13H24N2O2/c1-13-9-10-18(16(19)15(11-13)17-2)12-14-7-5-3-4-6-8-14;1-12-7-8-17(15(18)14(10-12)16-2)11-13-6-4-3-5-9-19-13;1-12-8-9-17(15(18)14(10-12)16-2)11-13-6-4-3-5-7-13;1-11-5-6-16(14(17)13(8-11)15-2)9-12-4-3-7-20(18,19)10-12;1-10-5-6-15(9-11-4-3-7-17-11)13(16)12(8-10)14-2/h13-15,17H,3-12H2,1-2H3;12-14,16H,3-11H2,1-2H3;12-14,16H,3-11H2,1-2H3;11-13,15H,3-10H2,1-2H3;10-12,14H,3-9H2,1-2H3. The summed E-state index contributed by atoms with van der Waals surface area (Å²) in [7, 11) is 6.54. The topological polar surface area (TPSA) is 214 Å². The first-order chi connectivity index (χ1) is 44.7. The molecule has 19 nitrogen and oxygen atoms in total. The van der Waals surface area contributed by atoms with Crippen molar-refractivity contribution in [2.24, 2.45) is 47.3 Å². The zero-order valence-electron chi connectivity index (χ0n) is 60.4. The number of carbonyl (C=O) groups excluding carboxylic acids is 5. The van der Waals surface area contributed by atoms with Gasteiger partial charge < -0.3 is 60.6 Å². The Kier molecular flexibility index (Phi) is 35.8. The van der Waals surface area contributed by atoms with Gasteiger partial charge in [-0.3, -0.25) is 24.0 Å². The molecular formula is C73H136N10O9S. The van der Waals surface area contributed by atoms with Crippen LogP contribution < -0.4 is 26.6 Å². The van der Waals surface area contributed by atoms with Crippen LogP contribution in [0, 0.1) is 47.3 Å². The van der Waals surface area contributed by atoms with E-state index in [9.17, 15) is 32.4 Å². The molecule has 8 heterocycles. The minimum Gasteiger partial charge on any atom is -0.376 e. The van der Waals surface area contributed by atoms with Crippen LogP contribution in [0.15, 0.2) is 0 Å². The summed E-state index contributed by atoms with van der Waals surface area (Å²) in [6.45, 7) is 21.5. The Bertz CT molecular complexity index is 2220. The Hall–Kier alpha value is -2.98. The highest BCUT2D eigenvalue weighted by molar-refractivity contribution is 7.91. The Labute approximate surface area is 565 Å². The highest BCUT2D eigenvalue weighted by Crippen LogP contribution is 2.30. The number of nitrogens with one attached hydrogen (secondary N) is 5. The van der Waals surface area contributed by atoms with Crippen molar-refractivity contribution in [3.63, 3.8) is 0 Å². The average molecular weight is 1330 g/mol. The first-order valence-corrected chi connectivity index (χ1v) is 39.8. The number of rotatable bonds is 15. The second-order valence-corrected chi connectivity index (χ2v) is 33.0. The predicted molar refractivity (Wildman–Crippen MR) is 375 cm³/mol. The monoisotopic (exact) mass is 1330 g/mol. The van der Waals surface area contributed by atoms with E-state index >= 15 is 0 Å². The van der Waals surface area contributed by atoms with Crippen LogP contribution in [0.1, 0.15) is 221 Å². The maximum absolute atomic E-state index is 12.5. The molecule has 0 radical (unpaired) electrons. The molecule has 93 heavy (non-hydrogen) atoms. The predicted octanol–water partition coefficient (Wildman–Crippen LogP) is 8.68. The summed E-state index contributed by atoms with van der Waals surface area (Å²) >= 11 is 0. The van der Waals surface area contributed by atoms with Gasteiger partial charge in [-0.25, -0.2) is 8.42 Å². The molecule has 0 aromatic rings. The van der Waals surface area contributed by atoms with Gasteiger partial charge in [-0.15, -0.1) is 0 Å². The fourth-order valence-electron chi connectivity index (χ4n) is 16.3. The third-order valence-corrected chi connectivity index (χ3v) is 24.4. The zero-order chi connectivity index (χ0) is 67.3. The van der Waals surface area contributed by atoms with E-state index in [1.54, 1.807) is 0 Å². The van der Waals surface area contributed by atoms with Crippen LogP contribution in [-0.2, 0) is 43.3 Å². The van der Waals surface area contributed by atoms with Crippen molar-refractivity contribution >= 4 is 39.4 Å². The number of likely N-dealkylation sites (N-methyl/N-ethyl adjacent to an activating group) is 5. The largest absolute Gasteiger partial charge is 0.376 e. The molecule has 8 saturated heterocycles. The van der Waals surface area contributed by atoms with Gasteiger partial charge in [0.05, 0.1) is 53.9 Å². The molecule has 8 aliphatic heterocycles. The number of amides is 5. The average Bonchev–Trinajstić information content (AvgIpc) is 2.13. The lowest BCUT2D eigenvalue weighted by atomic mass is 9.89. The second kappa shape index (κ2) is 42.1. The maximum atomic E-state index is 12.5. The van der Waals surface area contributed by atoms with E-state index in [1.165, 1.54) is 89.9 Å². The number of nitrogens with zero attached hydrogens (tertiary/aromatic N) is 5. The zero-order valence-corrected chi connectivity index (χ0v) is 61.2. The quantitative estimate of drug-likeness (QED) is 0.0971. The van der Waals surface area contributed by atoms with Crippen molar-refractivity contribution in [3.8, 4) is 0 Å². The minimum absolute atomic E-state index is 0.00565. The summed E-state index contributed by atoms with van der Waals surface area (Å²) in [5.74, 6) is 6.58. The molecule has 13 unspecified atom stereocenters. The summed E-state index contributed by atoms with van der Waals surface area (Å²) in [6.07, 6.45) is 34.4. The van der Waals surface area contributed by atoms with Crippen molar-refractivity contribution in [1.82, 2.24) is 51.1 Å². The maximum Gasteiger partial charge on any atom is 0.239 e. The third kappa shape index (κ3) is 27.3. The minimum atomic E-state index is -2.89. The van der Waals surface area contributed by atoms with E-state index in [4.69, 9.17) is 9.47 Å². The molecule has 10 aliphatic rings. The summed E-state index contributed by atoms with van der Waals surface area (Å²) in [5.41, 5.74) is 0.